The van der Waals surface area contributed by atoms with Gasteiger partial charge in [-0.1, -0.05) is 17.7 Å². The van der Waals surface area contributed by atoms with Crippen LogP contribution in [0.15, 0.2) is 18.2 Å². The van der Waals surface area contributed by atoms with Crippen LogP contribution in [0.25, 0.3) is 0 Å². The van der Waals surface area contributed by atoms with Crippen molar-refractivity contribution in [3.8, 4) is 0 Å². The number of anilines is 1. The lowest BCUT2D eigenvalue weighted by Crippen LogP contribution is -2.23. The molecule has 1 unspecified atom stereocenters. The Morgan fingerprint density at radius 3 is 2.81 bits per heavy atom. The van der Waals surface area contributed by atoms with Gasteiger partial charge in [-0.25, -0.2) is 4.39 Å². The van der Waals surface area contributed by atoms with Gasteiger partial charge in [-0.3, -0.25) is 4.79 Å². The van der Waals surface area contributed by atoms with Gasteiger partial charge in [0.05, 0.1) is 23.2 Å². The first kappa shape index (κ1) is 12.7. The molecule has 0 aliphatic carbocycles. The van der Waals surface area contributed by atoms with Crippen LogP contribution in [0.3, 0.4) is 0 Å². The summed E-state index contributed by atoms with van der Waals surface area (Å²) in [5.74, 6) is -1.66. The van der Waals surface area contributed by atoms with E-state index >= 15 is 0 Å². The van der Waals surface area contributed by atoms with Crippen molar-refractivity contribution in [3.05, 3.63) is 29.0 Å². The van der Waals surface area contributed by atoms with Crippen LogP contribution >= 0.6 is 11.6 Å². The molecule has 0 radical (unpaired) electrons. The maximum absolute atomic E-state index is 13.2. The molecular formula is C10H11ClFNO3. The van der Waals surface area contributed by atoms with Gasteiger partial charge in [0.2, 0.25) is 0 Å². The van der Waals surface area contributed by atoms with E-state index in [-0.39, 0.29) is 17.3 Å². The van der Waals surface area contributed by atoms with E-state index in [0.29, 0.717) is 0 Å². The molecule has 0 aliphatic rings. The van der Waals surface area contributed by atoms with Gasteiger partial charge < -0.3 is 15.5 Å². The van der Waals surface area contributed by atoms with Gasteiger partial charge in [0.15, 0.2) is 0 Å². The Bertz CT molecular complexity index is 366. The third kappa shape index (κ3) is 3.67. The van der Waals surface area contributed by atoms with Gasteiger partial charge in [0.25, 0.3) is 0 Å². The molecule has 1 aromatic carbocycles. The zero-order chi connectivity index (χ0) is 12.1. The number of carboxylic acids is 1. The van der Waals surface area contributed by atoms with Gasteiger partial charge in [-0.15, -0.1) is 0 Å². The highest BCUT2D eigenvalue weighted by molar-refractivity contribution is 6.33. The Morgan fingerprint density at radius 1 is 1.56 bits per heavy atom. The molecule has 0 aromatic heterocycles. The molecule has 16 heavy (non-hydrogen) atoms. The number of halogens is 2. The summed E-state index contributed by atoms with van der Waals surface area (Å²) in [7, 11) is 0. The van der Waals surface area contributed by atoms with E-state index in [1.807, 2.05) is 0 Å². The number of aliphatic carboxylic acids is 1. The van der Waals surface area contributed by atoms with Crippen molar-refractivity contribution < 1.29 is 19.4 Å². The van der Waals surface area contributed by atoms with Gasteiger partial charge in [-0.2, -0.15) is 0 Å². The molecule has 4 nitrogen and oxygen atoms in total. The van der Waals surface area contributed by atoms with Gasteiger partial charge >= 0.3 is 5.97 Å². The number of nitrogens with one attached hydrogen (secondary N) is 1. The van der Waals surface area contributed by atoms with Crippen LogP contribution in [0.2, 0.25) is 5.02 Å². The average Bonchev–Trinajstić information content (AvgIpc) is 2.15. The standard InChI is InChI=1S/C10H11ClFNO3/c11-7-2-1-3-8(12)10(7)13-5-6(14)4-9(15)16/h1-3,6,13-14H,4-5H2,(H,15,16). The van der Waals surface area contributed by atoms with Crippen molar-refractivity contribution in [1.29, 1.82) is 0 Å². The second kappa shape index (κ2) is 5.67. The van der Waals surface area contributed by atoms with Crippen LogP contribution < -0.4 is 5.32 Å². The number of carboxylic acid groups (broad SMARTS) is 1. The number of carbonyl (C=O) groups is 1. The number of hydrogen-bond acceptors (Lipinski definition) is 3. The second-order valence-electron chi connectivity index (χ2n) is 3.23. The SMILES string of the molecule is O=C(O)CC(O)CNc1c(F)cccc1Cl. The van der Waals surface area contributed by atoms with Crippen LogP contribution in [0, 0.1) is 5.82 Å². The molecule has 0 bridgehead atoms. The van der Waals surface area contributed by atoms with Crippen molar-refractivity contribution in [3.63, 3.8) is 0 Å². The Morgan fingerprint density at radius 2 is 2.25 bits per heavy atom. The summed E-state index contributed by atoms with van der Waals surface area (Å²) in [5.41, 5.74) is 0.0635. The molecule has 0 fully saturated rings. The molecule has 0 heterocycles. The Balaban J connectivity index is 2.57. The Labute approximate surface area is 96.7 Å². The lowest BCUT2D eigenvalue weighted by atomic mass is 10.2. The van der Waals surface area contributed by atoms with E-state index in [2.05, 4.69) is 5.32 Å². The minimum Gasteiger partial charge on any atom is -0.481 e. The topological polar surface area (TPSA) is 69.6 Å². The van der Waals surface area contributed by atoms with Crippen LogP contribution in [-0.4, -0.2) is 28.8 Å². The first-order valence-electron chi connectivity index (χ1n) is 4.58. The predicted octanol–water partition coefficient (Wildman–Crippen LogP) is 1.73. The smallest absolute Gasteiger partial charge is 0.306 e. The molecule has 6 heteroatoms. The van der Waals surface area contributed by atoms with Gasteiger partial charge in [0, 0.05) is 6.54 Å². The lowest BCUT2D eigenvalue weighted by Gasteiger charge is -2.12. The van der Waals surface area contributed by atoms with E-state index in [1.165, 1.54) is 18.2 Å². The second-order valence-corrected chi connectivity index (χ2v) is 3.64. The predicted molar refractivity (Wildman–Crippen MR) is 58.2 cm³/mol. The van der Waals surface area contributed by atoms with Crippen LogP contribution in [0.1, 0.15) is 6.42 Å². The summed E-state index contributed by atoms with van der Waals surface area (Å²) in [6.45, 7) is -0.0764. The maximum Gasteiger partial charge on any atom is 0.306 e. The number of hydrogen-bond donors (Lipinski definition) is 3. The quantitative estimate of drug-likeness (QED) is 0.741. The highest BCUT2D eigenvalue weighted by Gasteiger charge is 2.11. The zero-order valence-electron chi connectivity index (χ0n) is 8.28. The summed E-state index contributed by atoms with van der Waals surface area (Å²) in [4.78, 5) is 10.3. The van der Waals surface area contributed by atoms with E-state index in [9.17, 15) is 14.3 Å². The third-order valence-electron chi connectivity index (χ3n) is 1.89. The number of aliphatic hydroxyl groups is 1. The number of rotatable bonds is 5. The molecule has 0 spiro atoms. The van der Waals surface area contributed by atoms with E-state index in [1.54, 1.807) is 0 Å². The van der Waals surface area contributed by atoms with Crippen molar-refractivity contribution in [2.75, 3.05) is 11.9 Å². The molecule has 0 saturated carbocycles. The van der Waals surface area contributed by atoms with Crippen molar-refractivity contribution in [2.45, 2.75) is 12.5 Å². The summed E-state index contributed by atoms with van der Waals surface area (Å²) in [6, 6.07) is 4.17. The van der Waals surface area contributed by atoms with Crippen molar-refractivity contribution in [2.24, 2.45) is 0 Å². The molecule has 0 aliphatic heterocycles. The third-order valence-corrected chi connectivity index (χ3v) is 2.20. The molecule has 88 valence electrons. The molecule has 3 N–H and O–H groups in total. The number of benzene rings is 1. The molecule has 1 atom stereocenters. The highest BCUT2D eigenvalue weighted by Crippen LogP contribution is 2.24. The fraction of sp³-hybridized carbons (Fsp3) is 0.300. The molecule has 0 amide bonds. The van der Waals surface area contributed by atoms with Crippen molar-refractivity contribution >= 4 is 23.3 Å². The van der Waals surface area contributed by atoms with E-state index in [4.69, 9.17) is 16.7 Å². The molecule has 0 saturated heterocycles. The minimum absolute atomic E-state index is 0.0635. The number of aliphatic hydroxyl groups excluding tert-OH is 1. The number of para-hydroxylation sites is 1. The summed E-state index contributed by atoms with van der Waals surface area (Å²) in [5, 5.41) is 20.4. The largest absolute Gasteiger partial charge is 0.481 e. The zero-order valence-corrected chi connectivity index (χ0v) is 9.04. The molecular weight excluding hydrogens is 237 g/mol. The van der Waals surface area contributed by atoms with E-state index < -0.39 is 24.3 Å². The minimum atomic E-state index is -1.12. The summed E-state index contributed by atoms with van der Waals surface area (Å²) in [6.07, 6.45) is -1.49. The Hall–Kier alpha value is -1.33. The van der Waals surface area contributed by atoms with Gasteiger partial charge in [0.1, 0.15) is 5.82 Å². The van der Waals surface area contributed by atoms with Crippen LogP contribution in [0.4, 0.5) is 10.1 Å². The van der Waals surface area contributed by atoms with E-state index in [0.717, 1.165) is 0 Å². The summed E-state index contributed by atoms with van der Waals surface area (Å²) >= 11 is 5.72. The fourth-order valence-corrected chi connectivity index (χ4v) is 1.39. The van der Waals surface area contributed by atoms with Crippen LogP contribution in [0.5, 0.6) is 0 Å². The first-order chi connectivity index (χ1) is 7.50. The monoisotopic (exact) mass is 247 g/mol. The normalized spacial score (nSPS) is 12.2. The average molecular weight is 248 g/mol. The maximum atomic E-state index is 13.2. The molecule has 1 aromatic rings. The fourth-order valence-electron chi connectivity index (χ4n) is 1.16. The lowest BCUT2D eigenvalue weighted by molar-refractivity contribution is -0.138. The highest BCUT2D eigenvalue weighted by atomic mass is 35.5. The first-order valence-corrected chi connectivity index (χ1v) is 4.96. The Kier molecular flexibility index (Phi) is 4.52. The summed E-state index contributed by atoms with van der Waals surface area (Å²) < 4.78 is 13.2. The van der Waals surface area contributed by atoms with Gasteiger partial charge in [-0.05, 0) is 12.1 Å². The molecule has 1 rings (SSSR count). The van der Waals surface area contributed by atoms with Crippen molar-refractivity contribution in [1.82, 2.24) is 0 Å². The van der Waals surface area contributed by atoms with Crippen LogP contribution in [-0.2, 0) is 4.79 Å².